The quantitative estimate of drug-likeness (QED) is 0.169. The number of rotatable bonds is 10. The molecule has 1 unspecified atom stereocenters. The Kier molecular flexibility index (Phi) is 7.32. The zero-order valence-corrected chi connectivity index (χ0v) is 21.2. The van der Waals surface area contributed by atoms with Gasteiger partial charge in [0.15, 0.2) is 11.0 Å². The predicted molar refractivity (Wildman–Crippen MR) is 143 cm³/mol. The molecule has 1 heterocycles. The summed E-state index contributed by atoms with van der Waals surface area (Å²) in [6, 6.07) is 24.2. The molecule has 1 N–H and O–H groups in total. The van der Waals surface area contributed by atoms with Crippen LogP contribution in [0.3, 0.4) is 0 Å². The fraction of sp³-hybridized carbons (Fsp3) is 0.250. The van der Waals surface area contributed by atoms with E-state index >= 15 is 0 Å². The van der Waals surface area contributed by atoms with E-state index in [1.807, 2.05) is 41.0 Å². The summed E-state index contributed by atoms with van der Waals surface area (Å²) in [5.41, 5.74) is 4.12. The maximum absolute atomic E-state index is 12.8. The van der Waals surface area contributed by atoms with Gasteiger partial charge < -0.3 is 5.32 Å². The maximum Gasteiger partial charge on any atom is 0.269 e. The summed E-state index contributed by atoms with van der Waals surface area (Å²) < 4.78 is 1.91. The molecule has 188 valence electrons. The lowest BCUT2D eigenvalue weighted by Crippen LogP contribution is -2.33. The van der Waals surface area contributed by atoms with Crippen molar-refractivity contribution in [1.29, 1.82) is 0 Å². The van der Waals surface area contributed by atoms with E-state index in [1.165, 1.54) is 29.5 Å². The van der Waals surface area contributed by atoms with Crippen LogP contribution in [-0.2, 0) is 17.0 Å². The van der Waals surface area contributed by atoms with Gasteiger partial charge in [-0.25, -0.2) is 0 Å². The number of amides is 1. The second-order valence-electron chi connectivity index (χ2n) is 9.25. The monoisotopic (exact) mass is 513 g/mol. The number of non-ortho nitro benzene ring substituents is 1. The molecule has 3 aromatic carbocycles. The summed E-state index contributed by atoms with van der Waals surface area (Å²) in [5.74, 6) is 1.35. The molecule has 1 atom stereocenters. The number of aryl methyl sites for hydroxylation is 1. The van der Waals surface area contributed by atoms with Gasteiger partial charge in [-0.05, 0) is 49.4 Å². The Labute approximate surface area is 219 Å². The van der Waals surface area contributed by atoms with Crippen LogP contribution < -0.4 is 5.32 Å². The van der Waals surface area contributed by atoms with Gasteiger partial charge >= 0.3 is 0 Å². The fourth-order valence-electron chi connectivity index (χ4n) is 4.21. The van der Waals surface area contributed by atoms with Crippen LogP contribution in [0.4, 0.5) is 5.69 Å². The lowest BCUT2D eigenvalue weighted by Gasteiger charge is -2.20. The molecular weight excluding hydrogens is 486 g/mol. The van der Waals surface area contributed by atoms with Crippen LogP contribution >= 0.6 is 11.8 Å². The summed E-state index contributed by atoms with van der Waals surface area (Å²) in [7, 11) is 0. The highest BCUT2D eigenvalue weighted by molar-refractivity contribution is 7.98. The molecule has 4 aromatic rings. The topological polar surface area (TPSA) is 103 Å². The van der Waals surface area contributed by atoms with Crippen LogP contribution in [0, 0.1) is 23.0 Å². The van der Waals surface area contributed by atoms with Crippen LogP contribution in [0.15, 0.2) is 84.0 Å². The van der Waals surface area contributed by atoms with E-state index in [0.29, 0.717) is 28.8 Å². The summed E-state index contributed by atoms with van der Waals surface area (Å²) in [4.78, 5) is 23.7. The summed E-state index contributed by atoms with van der Waals surface area (Å²) in [5, 5.41) is 24.2. The minimum absolute atomic E-state index is 0.00945. The molecule has 0 spiro atoms. The number of aromatic nitrogens is 3. The SMILES string of the molecule is Cc1cccc(CSc2nnc(C(Cc3ccccc3)NC(=O)C3CC3)n2-c2ccc([N+](=O)[O-])cc2)c1. The summed E-state index contributed by atoms with van der Waals surface area (Å²) in [6.07, 6.45) is 2.35. The molecule has 0 radical (unpaired) electrons. The number of hydrogen-bond donors (Lipinski definition) is 1. The molecule has 1 aliphatic carbocycles. The number of nitrogens with zero attached hydrogens (tertiary/aromatic N) is 4. The molecule has 1 fully saturated rings. The van der Waals surface area contributed by atoms with Gasteiger partial charge in [0.25, 0.3) is 5.69 Å². The Balaban J connectivity index is 1.53. The van der Waals surface area contributed by atoms with Crippen molar-refractivity contribution in [2.45, 2.75) is 43.1 Å². The van der Waals surface area contributed by atoms with Gasteiger partial charge in [-0.1, -0.05) is 71.9 Å². The molecule has 1 amide bonds. The van der Waals surface area contributed by atoms with Gasteiger partial charge in [0.05, 0.1) is 11.0 Å². The predicted octanol–water partition coefficient (Wildman–Crippen LogP) is 5.59. The first-order chi connectivity index (χ1) is 18.0. The van der Waals surface area contributed by atoms with Gasteiger partial charge in [-0.2, -0.15) is 0 Å². The molecule has 0 bridgehead atoms. The molecule has 0 aliphatic heterocycles. The van der Waals surface area contributed by atoms with E-state index in [4.69, 9.17) is 0 Å². The Morgan fingerprint density at radius 2 is 1.78 bits per heavy atom. The van der Waals surface area contributed by atoms with Crippen LogP contribution in [0.1, 0.15) is 41.4 Å². The molecular formula is C28H27N5O3S. The van der Waals surface area contributed by atoms with Crippen molar-refractivity contribution in [3.8, 4) is 5.69 Å². The minimum Gasteiger partial charge on any atom is -0.345 e. The molecule has 5 rings (SSSR count). The lowest BCUT2D eigenvalue weighted by molar-refractivity contribution is -0.384. The summed E-state index contributed by atoms with van der Waals surface area (Å²) in [6.45, 7) is 2.06. The van der Waals surface area contributed by atoms with Crippen molar-refractivity contribution in [2.75, 3.05) is 0 Å². The number of carbonyl (C=O) groups is 1. The van der Waals surface area contributed by atoms with E-state index in [1.54, 1.807) is 12.1 Å². The van der Waals surface area contributed by atoms with Crippen molar-refractivity contribution in [1.82, 2.24) is 20.1 Å². The number of benzene rings is 3. The van der Waals surface area contributed by atoms with E-state index in [-0.39, 0.29) is 17.5 Å². The van der Waals surface area contributed by atoms with Crippen molar-refractivity contribution in [3.05, 3.63) is 111 Å². The van der Waals surface area contributed by atoms with Crippen LogP contribution in [-0.4, -0.2) is 25.6 Å². The lowest BCUT2D eigenvalue weighted by atomic mass is 10.0. The first-order valence-corrected chi connectivity index (χ1v) is 13.2. The van der Waals surface area contributed by atoms with Gasteiger partial charge in [0.2, 0.25) is 5.91 Å². The molecule has 1 aromatic heterocycles. The van der Waals surface area contributed by atoms with Crippen LogP contribution in [0.5, 0.6) is 0 Å². The normalized spacial score (nSPS) is 13.8. The number of nitro benzene ring substituents is 1. The smallest absolute Gasteiger partial charge is 0.269 e. The zero-order chi connectivity index (χ0) is 25.8. The van der Waals surface area contributed by atoms with Gasteiger partial charge in [-0.15, -0.1) is 10.2 Å². The van der Waals surface area contributed by atoms with Gasteiger partial charge in [-0.3, -0.25) is 19.5 Å². The Hall–Kier alpha value is -3.98. The average molecular weight is 514 g/mol. The van der Waals surface area contributed by atoms with Gasteiger partial charge in [0, 0.05) is 29.5 Å². The zero-order valence-electron chi connectivity index (χ0n) is 20.4. The van der Waals surface area contributed by atoms with Crippen molar-refractivity contribution in [2.24, 2.45) is 5.92 Å². The Morgan fingerprint density at radius 1 is 1.05 bits per heavy atom. The van der Waals surface area contributed by atoms with Gasteiger partial charge in [0.1, 0.15) is 0 Å². The molecule has 9 heteroatoms. The largest absolute Gasteiger partial charge is 0.345 e. The number of hydrogen-bond acceptors (Lipinski definition) is 6. The molecule has 37 heavy (non-hydrogen) atoms. The Bertz CT molecular complexity index is 1400. The Morgan fingerprint density at radius 3 is 2.46 bits per heavy atom. The number of nitro groups is 1. The van der Waals surface area contributed by atoms with Crippen molar-refractivity contribution >= 4 is 23.4 Å². The maximum atomic E-state index is 12.8. The number of thioether (sulfide) groups is 1. The fourth-order valence-corrected chi connectivity index (χ4v) is 5.11. The third-order valence-electron chi connectivity index (χ3n) is 6.29. The molecule has 8 nitrogen and oxygen atoms in total. The van der Waals surface area contributed by atoms with E-state index in [2.05, 4.69) is 40.6 Å². The van der Waals surface area contributed by atoms with Crippen LogP contribution in [0.25, 0.3) is 5.69 Å². The number of carbonyl (C=O) groups excluding carboxylic acids is 1. The molecule has 1 aliphatic rings. The second-order valence-corrected chi connectivity index (χ2v) is 10.2. The standard InChI is InChI=1S/C28H27N5O3S/c1-19-6-5-9-21(16-19)18-37-28-31-30-26(32(28)23-12-14-24(15-13-23)33(35)36)25(29-27(34)22-10-11-22)17-20-7-3-2-4-8-20/h2-9,12-16,22,25H,10-11,17-18H2,1H3,(H,29,34). The molecule has 1 saturated carbocycles. The van der Waals surface area contributed by atoms with E-state index < -0.39 is 11.0 Å². The third-order valence-corrected chi connectivity index (χ3v) is 7.29. The highest BCUT2D eigenvalue weighted by atomic mass is 32.2. The van der Waals surface area contributed by atoms with Crippen molar-refractivity contribution < 1.29 is 9.72 Å². The second kappa shape index (κ2) is 11.0. The van der Waals surface area contributed by atoms with E-state index in [0.717, 1.165) is 24.0 Å². The van der Waals surface area contributed by atoms with Crippen LogP contribution in [0.2, 0.25) is 0 Å². The highest BCUT2D eigenvalue weighted by Crippen LogP contribution is 2.32. The van der Waals surface area contributed by atoms with Crippen molar-refractivity contribution in [3.63, 3.8) is 0 Å². The summed E-state index contributed by atoms with van der Waals surface area (Å²) >= 11 is 1.54. The third kappa shape index (κ3) is 6.06. The number of nitrogens with one attached hydrogen (secondary N) is 1. The highest BCUT2D eigenvalue weighted by Gasteiger charge is 2.33. The molecule has 0 saturated heterocycles. The average Bonchev–Trinajstić information content (AvgIpc) is 3.67. The minimum atomic E-state index is -0.418. The van der Waals surface area contributed by atoms with E-state index in [9.17, 15) is 14.9 Å². The first kappa shape index (κ1) is 24.7. The first-order valence-electron chi connectivity index (χ1n) is 12.2.